The molecule has 1 aromatic carbocycles. The molecule has 1 aromatic heterocycles. The lowest BCUT2D eigenvalue weighted by molar-refractivity contribution is 0.713. The van der Waals surface area contributed by atoms with Gasteiger partial charge in [-0.1, -0.05) is 23.7 Å². The molecular formula is C14H17ClN4. The summed E-state index contributed by atoms with van der Waals surface area (Å²) in [6, 6.07) is 7.95. The molecule has 100 valence electrons. The Morgan fingerprint density at radius 1 is 1.32 bits per heavy atom. The lowest BCUT2D eigenvalue weighted by Gasteiger charge is -2.25. The van der Waals surface area contributed by atoms with E-state index >= 15 is 0 Å². The number of aromatic nitrogens is 2. The van der Waals surface area contributed by atoms with Crippen molar-refractivity contribution in [2.45, 2.75) is 19.5 Å². The molecule has 0 aliphatic rings. The van der Waals surface area contributed by atoms with E-state index in [2.05, 4.69) is 16.9 Å². The maximum absolute atomic E-state index is 6.02. The molecule has 0 saturated carbocycles. The average Bonchev–Trinajstić information content (AvgIpc) is 2.46. The fourth-order valence-corrected chi connectivity index (χ4v) is 2.00. The van der Waals surface area contributed by atoms with Crippen molar-refractivity contribution in [2.24, 2.45) is 5.73 Å². The predicted octanol–water partition coefficient (Wildman–Crippen LogP) is 2.79. The highest BCUT2D eigenvalue weighted by molar-refractivity contribution is 6.30. The molecule has 1 atom stereocenters. The van der Waals surface area contributed by atoms with Crippen molar-refractivity contribution in [3.8, 4) is 0 Å². The van der Waals surface area contributed by atoms with E-state index < -0.39 is 0 Å². The highest BCUT2D eigenvalue weighted by atomic mass is 35.5. The summed E-state index contributed by atoms with van der Waals surface area (Å²) >= 11 is 6.02. The minimum absolute atomic E-state index is 0.141. The van der Waals surface area contributed by atoms with Gasteiger partial charge in [0.15, 0.2) is 0 Å². The first kappa shape index (κ1) is 13.8. The normalized spacial score (nSPS) is 12.2. The van der Waals surface area contributed by atoms with Gasteiger partial charge in [0.25, 0.3) is 0 Å². The third kappa shape index (κ3) is 3.22. The van der Waals surface area contributed by atoms with Gasteiger partial charge in [-0.15, -0.1) is 0 Å². The SMILES string of the molecule is CC(c1cccc(Cl)c1)N(C)c1ncc(CN)cn1. The summed E-state index contributed by atoms with van der Waals surface area (Å²) in [5.41, 5.74) is 7.59. The molecule has 0 radical (unpaired) electrons. The molecule has 19 heavy (non-hydrogen) atoms. The number of halogens is 1. The van der Waals surface area contributed by atoms with Crippen LogP contribution in [0, 0.1) is 0 Å². The number of nitrogens with zero attached hydrogens (tertiary/aromatic N) is 3. The molecular weight excluding hydrogens is 260 g/mol. The van der Waals surface area contributed by atoms with E-state index in [-0.39, 0.29) is 6.04 Å². The Morgan fingerprint density at radius 2 is 2.00 bits per heavy atom. The van der Waals surface area contributed by atoms with Crippen LogP contribution in [0.2, 0.25) is 5.02 Å². The van der Waals surface area contributed by atoms with Crippen molar-refractivity contribution >= 4 is 17.5 Å². The quantitative estimate of drug-likeness (QED) is 0.933. The maximum Gasteiger partial charge on any atom is 0.225 e. The first-order valence-corrected chi connectivity index (χ1v) is 6.49. The number of nitrogens with two attached hydrogens (primary N) is 1. The van der Waals surface area contributed by atoms with Crippen LogP contribution in [0.4, 0.5) is 5.95 Å². The molecule has 2 N–H and O–H groups in total. The third-order valence-corrected chi connectivity index (χ3v) is 3.39. The second-order valence-electron chi connectivity index (χ2n) is 4.44. The number of benzene rings is 1. The lowest BCUT2D eigenvalue weighted by Crippen LogP contribution is -2.23. The number of hydrogen-bond donors (Lipinski definition) is 1. The zero-order chi connectivity index (χ0) is 13.8. The molecule has 0 spiro atoms. The first-order valence-electron chi connectivity index (χ1n) is 6.11. The minimum atomic E-state index is 0.141. The van der Waals surface area contributed by atoms with E-state index in [1.165, 1.54) is 0 Å². The standard InChI is InChI=1S/C14H17ClN4/c1-10(12-4-3-5-13(15)6-12)19(2)14-17-8-11(7-16)9-18-14/h3-6,8-10H,7,16H2,1-2H3. The molecule has 0 bridgehead atoms. The second-order valence-corrected chi connectivity index (χ2v) is 4.87. The van der Waals surface area contributed by atoms with Crippen LogP contribution in [0.1, 0.15) is 24.1 Å². The van der Waals surface area contributed by atoms with Crippen LogP contribution >= 0.6 is 11.6 Å². The van der Waals surface area contributed by atoms with Crippen molar-refractivity contribution in [3.05, 3.63) is 52.8 Å². The molecule has 0 amide bonds. The summed E-state index contributed by atoms with van der Waals surface area (Å²) in [5, 5.41) is 0.733. The van der Waals surface area contributed by atoms with Crippen molar-refractivity contribution in [3.63, 3.8) is 0 Å². The molecule has 0 aliphatic carbocycles. The monoisotopic (exact) mass is 276 g/mol. The van der Waals surface area contributed by atoms with E-state index in [1.54, 1.807) is 12.4 Å². The van der Waals surface area contributed by atoms with Crippen LogP contribution in [0.3, 0.4) is 0 Å². The predicted molar refractivity (Wildman–Crippen MR) is 78.2 cm³/mol. The number of anilines is 1. The Balaban J connectivity index is 2.20. The van der Waals surface area contributed by atoms with E-state index in [4.69, 9.17) is 17.3 Å². The molecule has 1 heterocycles. The van der Waals surface area contributed by atoms with Gasteiger partial charge in [-0.2, -0.15) is 0 Å². The summed E-state index contributed by atoms with van der Waals surface area (Å²) in [6.45, 7) is 2.54. The Hall–Kier alpha value is -1.65. The molecule has 0 aliphatic heterocycles. The molecule has 1 unspecified atom stereocenters. The first-order chi connectivity index (χ1) is 9.11. The van der Waals surface area contributed by atoms with Crippen molar-refractivity contribution < 1.29 is 0 Å². The summed E-state index contributed by atoms with van der Waals surface area (Å²) in [5.74, 6) is 0.671. The van der Waals surface area contributed by atoms with Crippen LogP contribution < -0.4 is 10.6 Å². The van der Waals surface area contributed by atoms with Crippen LogP contribution in [0.5, 0.6) is 0 Å². The lowest BCUT2D eigenvalue weighted by atomic mass is 10.1. The van der Waals surface area contributed by atoms with E-state index in [9.17, 15) is 0 Å². The van der Waals surface area contributed by atoms with Crippen molar-refractivity contribution in [1.29, 1.82) is 0 Å². The molecule has 0 saturated heterocycles. The van der Waals surface area contributed by atoms with Crippen molar-refractivity contribution in [2.75, 3.05) is 11.9 Å². The zero-order valence-electron chi connectivity index (χ0n) is 11.0. The Bertz CT molecular complexity index is 541. The molecule has 0 fully saturated rings. The Labute approximate surface area is 118 Å². The Kier molecular flexibility index (Phi) is 4.35. The zero-order valence-corrected chi connectivity index (χ0v) is 11.8. The van der Waals surface area contributed by atoms with Gasteiger partial charge < -0.3 is 10.6 Å². The molecule has 5 heteroatoms. The minimum Gasteiger partial charge on any atom is -0.337 e. The van der Waals surface area contributed by atoms with Gasteiger partial charge in [0.2, 0.25) is 5.95 Å². The van der Waals surface area contributed by atoms with E-state index in [1.807, 2.05) is 36.2 Å². The summed E-state index contributed by atoms with van der Waals surface area (Å²) in [7, 11) is 1.96. The van der Waals surface area contributed by atoms with Gasteiger partial charge in [-0.3, -0.25) is 0 Å². The van der Waals surface area contributed by atoms with Gasteiger partial charge in [0, 0.05) is 36.6 Å². The van der Waals surface area contributed by atoms with Gasteiger partial charge >= 0.3 is 0 Å². The van der Waals surface area contributed by atoms with E-state index in [0.29, 0.717) is 12.5 Å². The van der Waals surface area contributed by atoms with Crippen molar-refractivity contribution in [1.82, 2.24) is 9.97 Å². The molecule has 2 aromatic rings. The third-order valence-electron chi connectivity index (χ3n) is 3.15. The maximum atomic E-state index is 6.02. The molecule has 2 rings (SSSR count). The largest absolute Gasteiger partial charge is 0.337 e. The highest BCUT2D eigenvalue weighted by Crippen LogP contribution is 2.24. The second kappa shape index (κ2) is 5.99. The summed E-state index contributed by atoms with van der Waals surface area (Å²) < 4.78 is 0. The van der Waals surface area contributed by atoms with Crippen LogP contribution in [0.25, 0.3) is 0 Å². The van der Waals surface area contributed by atoms with Gasteiger partial charge in [-0.25, -0.2) is 9.97 Å². The number of hydrogen-bond acceptors (Lipinski definition) is 4. The van der Waals surface area contributed by atoms with Crippen LogP contribution in [0.15, 0.2) is 36.7 Å². The van der Waals surface area contributed by atoms with Gasteiger partial charge in [0.1, 0.15) is 0 Å². The van der Waals surface area contributed by atoms with Crippen LogP contribution in [-0.2, 0) is 6.54 Å². The smallest absolute Gasteiger partial charge is 0.225 e. The number of rotatable bonds is 4. The summed E-state index contributed by atoms with van der Waals surface area (Å²) in [6.07, 6.45) is 3.51. The van der Waals surface area contributed by atoms with E-state index in [0.717, 1.165) is 16.1 Å². The average molecular weight is 277 g/mol. The van der Waals surface area contributed by atoms with Gasteiger partial charge in [-0.05, 0) is 24.6 Å². The molecule has 4 nitrogen and oxygen atoms in total. The Morgan fingerprint density at radius 3 is 2.58 bits per heavy atom. The fourth-order valence-electron chi connectivity index (χ4n) is 1.80. The highest BCUT2D eigenvalue weighted by Gasteiger charge is 2.14. The van der Waals surface area contributed by atoms with Crippen LogP contribution in [-0.4, -0.2) is 17.0 Å². The topological polar surface area (TPSA) is 55.0 Å². The van der Waals surface area contributed by atoms with Gasteiger partial charge in [0.05, 0.1) is 6.04 Å². The fraction of sp³-hybridized carbons (Fsp3) is 0.286. The summed E-state index contributed by atoms with van der Waals surface area (Å²) in [4.78, 5) is 10.6.